The van der Waals surface area contributed by atoms with E-state index in [1.807, 2.05) is 13.1 Å². The Bertz CT molecular complexity index is 803. The van der Waals surface area contributed by atoms with Gasteiger partial charge in [-0.25, -0.2) is 13.2 Å². The van der Waals surface area contributed by atoms with Crippen LogP contribution in [-0.2, 0) is 21.2 Å². The van der Waals surface area contributed by atoms with Gasteiger partial charge in [-0.1, -0.05) is 0 Å². The second kappa shape index (κ2) is 6.90. The van der Waals surface area contributed by atoms with E-state index in [9.17, 15) is 18.0 Å². The molecule has 3 amide bonds. The zero-order chi connectivity index (χ0) is 19.1. The predicted molar refractivity (Wildman–Crippen MR) is 95.3 cm³/mol. The van der Waals surface area contributed by atoms with Gasteiger partial charge in [0.2, 0.25) is 5.91 Å². The first-order valence-corrected chi connectivity index (χ1v) is 10.5. The Kier molecular flexibility index (Phi) is 4.96. The molecular weight excluding hydrogens is 358 g/mol. The number of sulfone groups is 1. The van der Waals surface area contributed by atoms with E-state index in [1.54, 1.807) is 34.8 Å². The first-order chi connectivity index (χ1) is 12.2. The van der Waals surface area contributed by atoms with Crippen LogP contribution in [0.15, 0.2) is 12.4 Å². The highest BCUT2D eigenvalue weighted by Crippen LogP contribution is 2.28. The third-order valence-corrected chi connectivity index (χ3v) is 6.64. The first kappa shape index (κ1) is 18.7. The number of carbonyl (C=O) groups excluding carboxylic acids is 2. The van der Waals surface area contributed by atoms with Crippen LogP contribution in [0.5, 0.6) is 0 Å². The van der Waals surface area contributed by atoms with Gasteiger partial charge in [0.1, 0.15) is 0 Å². The number of carbonyl (C=O) groups is 2. The molecule has 0 radical (unpaired) electrons. The summed E-state index contributed by atoms with van der Waals surface area (Å²) in [6.45, 7) is 3.08. The van der Waals surface area contributed by atoms with Crippen molar-refractivity contribution < 1.29 is 18.0 Å². The molecule has 0 aliphatic carbocycles. The molecule has 0 unspecified atom stereocenters. The molecule has 2 saturated heterocycles. The number of piperazine rings is 1. The molecule has 2 fully saturated rings. The van der Waals surface area contributed by atoms with E-state index in [0.717, 1.165) is 5.56 Å². The smallest absolute Gasteiger partial charge is 0.319 e. The Morgan fingerprint density at radius 2 is 1.81 bits per heavy atom. The van der Waals surface area contributed by atoms with Gasteiger partial charge in [0.05, 0.1) is 29.8 Å². The molecule has 2 atom stereocenters. The largest absolute Gasteiger partial charge is 0.335 e. The Morgan fingerprint density at radius 3 is 2.38 bits per heavy atom. The molecule has 0 spiro atoms. The molecule has 3 heterocycles. The summed E-state index contributed by atoms with van der Waals surface area (Å²) in [5.74, 6) is -0.261. The zero-order valence-electron chi connectivity index (χ0n) is 15.3. The van der Waals surface area contributed by atoms with E-state index in [4.69, 9.17) is 0 Å². The summed E-state index contributed by atoms with van der Waals surface area (Å²) in [6, 6.07) is -1.15. The number of aryl methyl sites for hydroxylation is 2. The molecule has 0 bridgehead atoms. The second-order valence-corrected chi connectivity index (χ2v) is 9.35. The lowest BCUT2D eigenvalue weighted by atomic mass is 10.0. The van der Waals surface area contributed by atoms with Gasteiger partial charge in [-0.3, -0.25) is 9.48 Å². The lowest BCUT2D eigenvalue weighted by Crippen LogP contribution is -2.63. The van der Waals surface area contributed by atoms with Crippen LogP contribution >= 0.6 is 0 Å². The fraction of sp³-hybridized carbons (Fsp3) is 0.688. The summed E-state index contributed by atoms with van der Waals surface area (Å²) in [7, 11) is 0.0115. The minimum Gasteiger partial charge on any atom is -0.335 e. The van der Waals surface area contributed by atoms with Gasteiger partial charge < -0.3 is 14.7 Å². The van der Waals surface area contributed by atoms with Crippen molar-refractivity contribution in [2.45, 2.75) is 32.0 Å². The molecule has 0 N–H and O–H groups in total. The maximum absolute atomic E-state index is 12.7. The number of hydrogen-bond acceptors (Lipinski definition) is 5. The van der Waals surface area contributed by atoms with E-state index < -0.39 is 21.9 Å². The minimum absolute atomic E-state index is 0.0819. The Hall–Kier alpha value is -2.10. The number of aromatic nitrogens is 2. The normalized spacial score (nSPS) is 24.4. The molecule has 144 valence electrons. The average Bonchev–Trinajstić information content (AvgIpc) is 3.12. The molecule has 1 aromatic heterocycles. The van der Waals surface area contributed by atoms with Crippen LogP contribution in [0.3, 0.4) is 0 Å². The first-order valence-electron chi connectivity index (χ1n) is 8.65. The van der Waals surface area contributed by atoms with Gasteiger partial charge in [-0.15, -0.1) is 0 Å². The number of hydrogen-bond donors (Lipinski definition) is 0. The van der Waals surface area contributed by atoms with Gasteiger partial charge in [0.15, 0.2) is 9.84 Å². The van der Waals surface area contributed by atoms with Crippen LogP contribution in [-0.4, -0.2) is 95.6 Å². The summed E-state index contributed by atoms with van der Waals surface area (Å²) in [5, 5.41) is 4.17. The monoisotopic (exact) mass is 383 g/mol. The maximum Gasteiger partial charge on any atom is 0.319 e. The Labute approximate surface area is 153 Å². The van der Waals surface area contributed by atoms with Gasteiger partial charge in [-0.05, 0) is 12.5 Å². The third-order valence-electron chi connectivity index (χ3n) is 4.94. The quantitative estimate of drug-likeness (QED) is 0.706. The molecular formula is C16H25N5O4S. The number of nitrogens with zero attached hydrogens (tertiary/aromatic N) is 5. The van der Waals surface area contributed by atoms with Crippen molar-refractivity contribution in [2.24, 2.45) is 0 Å². The number of rotatable bonds is 3. The van der Waals surface area contributed by atoms with Crippen LogP contribution in [0.2, 0.25) is 0 Å². The maximum atomic E-state index is 12.7. The van der Waals surface area contributed by atoms with Gasteiger partial charge in [0, 0.05) is 46.3 Å². The van der Waals surface area contributed by atoms with E-state index in [2.05, 4.69) is 5.10 Å². The zero-order valence-corrected chi connectivity index (χ0v) is 16.1. The molecule has 0 aromatic carbocycles. The topological polar surface area (TPSA) is 95.8 Å². The van der Waals surface area contributed by atoms with E-state index in [1.165, 1.54) is 4.90 Å². The third kappa shape index (κ3) is 3.69. The lowest BCUT2D eigenvalue weighted by molar-refractivity contribution is -0.136. The fourth-order valence-corrected chi connectivity index (χ4v) is 5.68. The summed E-state index contributed by atoms with van der Waals surface area (Å²) in [4.78, 5) is 29.8. The number of amides is 3. The van der Waals surface area contributed by atoms with Crippen LogP contribution in [0.1, 0.15) is 12.0 Å². The van der Waals surface area contributed by atoms with E-state index in [-0.39, 0.29) is 29.9 Å². The Balaban J connectivity index is 1.72. The number of fused-ring (bicyclic) bond motifs is 1. The predicted octanol–water partition coefficient (Wildman–Crippen LogP) is -0.427. The minimum atomic E-state index is -3.28. The van der Waals surface area contributed by atoms with Crippen molar-refractivity contribution in [3.8, 4) is 0 Å². The fourth-order valence-electron chi connectivity index (χ4n) is 3.70. The summed E-state index contributed by atoms with van der Waals surface area (Å²) >= 11 is 0. The molecule has 2 aliphatic rings. The van der Waals surface area contributed by atoms with E-state index in [0.29, 0.717) is 19.6 Å². The van der Waals surface area contributed by atoms with E-state index >= 15 is 0 Å². The highest BCUT2D eigenvalue weighted by Gasteiger charge is 2.49. The van der Waals surface area contributed by atoms with Crippen molar-refractivity contribution in [3.63, 3.8) is 0 Å². The molecule has 0 saturated carbocycles. The molecule has 10 heteroatoms. The number of urea groups is 1. The van der Waals surface area contributed by atoms with Crippen molar-refractivity contribution in [3.05, 3.63) is 18.0 Å². The summed E-state index contributed by atoms with van der Waals surface area (Å²) in [6.07, 6.45) is 3.85. The van der Waals surface area contributed by atoms with Crippen LogP contribution in [0.4, 0.5) is 4.79 Å². The van der Waals surface area contributed by atoms with Crippen molar-refractivity contribution >= 4 is 21.8 Å². The molecule has 9 nitrogen and oxygen atoms in total. The lowest BCUT2D eigenvalue weighted by Gasteiger charge is -2.44. The molecule has 1 aromatic rings. The van der Waals surface area contributed by atoms with Crippen LogP contribution in [0, 0.1) is 6.92 Å². The van der Waals surface area contributed by atoms with Crippen molar-refractivity contribution in [1.29, 1.82) is 0 Å². The van der Waals surface area contributed by atoms with Gasteiger partial charge >= 0.3 is 6.03 Å². The van der Waals surface area contributed by atoms with Gasteiger partial charge in [-0.2, -0.15) is 5.10 Å². The summed E-state index contributed by atoms with van der Waals surface area (Å²) in [5.41, 5.74) is 1.02. The highest BCUT2D eigenvalue weighted by molar-refractivity contribution is 7.91. The Morgan fingerprint density at radius 1 is 1.19 bits per heavy atom. The average molecular weight is 383 g/mol. The van der Waals surface area contributed by atoms with Crippen molar-refractivity contribution in [2.75, 3.05) is 38.7 Å². The molecule has 3 rings (SSSR count). The summed E-state index contributed by atoms with van der Waals surface area (Å²) < 4.78 is 26.1. The SMILES string of the molecule is Cc1cnn(CCC(=O)N2CCN(C(=O)N(C)C)[C@@H]3CS(=O)(=O)C[C@@H]32)c1. The second-order valence-electron chi connectivity index (χ2n) is 7.20. The van der Waals surface area contributed by atoms with Gasteiger partial charge in [0.25, 0.3) is 0 Å². The standard InChI is InChI=1S/C16H25N5O4S/c1-12-8-17-19(9-12)5-4-15(22)20-6-7-21(16(23)18(2)3)14-11-26(24,25)10-13(14)20/h8-9,13-14H,4-7,10-11H2,1-3H3/t13-,14+/m0/s1. The molecule has 26 heavy (non-hydrogen) atoms. The van der Waals surface area contributed by atoms with Crippen molar-refractivity contribution in [1.82, 2.24) is 24.5 Å². The molecule has 2 aliphatic heterocycles. The highest BCUT2D eigenvalue weighted by atomic mass is 32.2. The van der Waals surface area contributed by atoms with Crippen LogP contribution < -0.4 is 0 Å². The van der Waals surface area contributed by atoms with Crippen LogP contribution in [0.25, 0.3) is 0 Å².